The molecule has 0 unspecified atom stereocenters. The molecule has 0 radical (unpaired) electrons. The molecule has 2 aliphatic carbocycles. The Hall–Kier alpha value is -1.29. The average molecular weight is 336 g/mol. The van der Waals surface area contributed by atoms with Crippen molar-refractivity contribution in [3.8, 4) is 0 Å². The van der Waals surface area contributed by atoms with E-state index in [2.05, 4.69) is 26.9 Å². The molecule has 3 rings (SSSR count). The fourth-order valence-electron chi connectivity index (χ4n) is 2.48. The fourth-order valence-corrected chi connectivity index (χ4v) is 2.83. The van der Waals surface area contributed by atoms with Gasteiger partial charge in [0.2, 0.25) is 0 Å². The maximum Gasteiger partial charge on any atom is 0.328 e. The first-order valence-electron chi connectivity index (χ1n) is 7.10. The summed E-state index contributed by atoms with van der Waals surface area (Å²) in [5, 5.41) is 8.83. The molecular weight excluding hydrogens is 318 g/mol. The van der Waals surface area contributed by atoms with Gasteiger partial charge in [0.15, 0.2) is 0 Å². The van der Waals surface area contributed by atoms with Crippen molar-refractivity contribution in [2.45, 2.75) is 31.7 Å². The molecule has 0 aromatic heterocycles. The smallest absolute Gasteiger partial charge is 0.328 e. The van der Waals surface area contributed by atoms with Gasteiger partial charge in [-0.1, -0.05) is 22.0 Å². The number of carbonyl (C=O) groups is 1. The number of halogens is 1. The Morgan fingerprint density at radius 1 is 1.35 bits per heavy atom. The van der Waals surface area contributed by atoms with Crippen molar-refractivity contribution in [1.82, 2.24) is 0 Å². The lowest BCUT2D eigenvalue weighted by Gasteiger charge is -2.27. The van der Waals surface area contributed by atoms with Crippen LogP contribution in [0.3, 0.4) is 0 Å². The number of aliphatic carboxylic acids is 1. The Bertz CT molecular complexity index is 547. The van der Waals surface area contributed by atoms with E-state index in [1.807, 2.05) is 12.1 Å². The second-order valence-corrected chi connectivity index (χ2v) is 6.62. The third-order valence-electron chi connectivity index (χ3n) is 3.85. The van der Waals surface area contributed by atoms with Crippen LogP contribution in [0.2, 0.25) is 0 Å². The van der Waals surface area contributed by atoms with Gasteiger partial charge in [-0.2, -0.15) is 0 Å². The number of benzene rings is 1. The number of carboxylic acid groups (broad SMARTS) is 1. The highest BCUT2D eigenvalue weighted by molar-refractivity contribution is 9.10. The third-order valence-corrected chi connectivity index (χ3v) is 4.34. The molecule has 2 aliphatic rings. The van der Waals surface area contributed by atoms with Crippen LogP contribution in [-0.2, 0) is 4.79 Å². The van der Waals surface area contributed by atoms with E-state index in [4.69, 9.17) is 5.11 Å². The lowest BCUT2D eigenvalue weighted by Crippen LogP contribution is -2.28. The molecular formula is C16H18BrNO2. The molecule has 0 aliphatic heterocycles. The predicted octanol–water partition coefficient (Wildman–Crippen LogP) is 3.93. The lowest BCUT2D eigenvalue weighted by molar-refractivity contribution is -0.131. The van der Waals surface area contributed by atoms with Gasteiger partial charge in [-0.15, -0.1) is 0 Å². The highest BCUT2D eigenvalue weighted by Gasteiger charge is 2.34. The molecule has 20 heavy (non-hydrogen) atoms. The minimum Gasteiger partial charge on any atom is -0.478 e. The third kappa shape index (κ3) is 3.42. The maximum atomic E-state index is 10.7. The van der Waals surface area contributed by atoms with Crippen molar-refractivity contribution in [2.24, 2.45) is 5.92 Å². The summed E-state index contributed by atoms with van der Waals surface area (Å²) in [6.07, 6.45) is 8.08. The molecule has 1 N–H and O–H groups in total. The molecule has 0 bridgehead atoms. The molecule has 0 amide bonds. The second kappa shape index (κ2) is 5.60. The van der Waals surface area contributed by atoms with Crippen molar-refractivity contribution < 1.29 is 9.90 Å². The van der Waals surface area contributed by atoms with Crippen molar-refractivity contribution in [1.29, 1.82) is 0 Å². The van der Waals surface area contributed by atoms with Gasteiger partial charge in [-0.25, -0.2) is 4.79 Å². The average Bonchev–Trinajstić information content (AvgIpc) is 3.25. The zero-order valence-corrected chi connectivity index (χ0v) is 12.8. The Labute approximate surface area is 127 Å². The van der Waals surface area contributed by atoms with Gasteiger partial charge in [-0.3, -0.25) is 0 Å². The first kappa shape index (κ1) is 13.7. The van der Waals surface area contributed by atoms with Crippen LogP contribution in [0.4, 0.5) is 5.69 Å². The van der Waals surface area contributed by atoms with Crippen LogP contribution < -0.4 is 4.90 Å². The molecule has 106 valence electrons. The summed E-state index contributed by atoms with van der Waals surface area (Å²) >= 11 is 3.53. The summed E-state index contributed by atoms with van der Waals surface area (Å²) in [7, 11) is 0. The van der Waals surface area contributed by atoms with Crippen LogP contribution in [0.1, 0.15) is 31.2 Å². The van der Waals surface area contributed by atoms with E-state index in [1.54, 1.807) is 6.08 Å². The first-order valence-corrected chi connectivity index (χ1v) is 7.90. The van der Waals surface area contributed by atoms with Crippen LogP contribution in [0.25, 0.3) is 6.08 Å². The van der Waals surface area contributed by atoms with Crippen molar-refractivity contribution in [3.05, 3.63) is 34.3 Å². The molecule has 0 saturated heterocycles. The van der Waals surface area contributed by atoms with E-state index < -0.39 is 5.97 Å². The van der Waals surface area contributed by atoms with E-state index in [0.29, 0.717) is 6.04 Å². The van der Waals surface area contributed by atoms with Crippen molar-refractivity contribution >= 4 is 33.7 Å². The quantitative estimate of drug-likeness (QED) is 0.801. The number of hydrogen-bond donors (Lipinski definition) is 1. The number of nitrogens with zero attached hydrogens (tertiary/aromatic N) is 1. The summed E-state index contributed by atoms with van der Waals surface area (Å²) in [6.45, 7) is 1.11. The molecule has 0 heterocycles. The normalized spacial score (nSPS) is 18.4. The molecule has 2 fully saturated rings. The van der Waals surface area contributed by atoms with Gasteiger partial charge in [0.05, 0.1) is 0 Å². The SMILES string of the molecule is O=C(O)C=Cc1ccc(Br)cc1N(CC1CC1)C1CC1. The molecule has 4 heteroatoms. The highest BCUT2D eigenvalue weighted by atomic mass is 79.9. The van der Waals surface area contributed by atoms with Gasteiger partial charge in [-0.05, 0) is 55.4 Å². The van der Waals surface area contributed by atoms with Crippen molar-refractivity contribution in [2.75, 3.05) is 11.4 Å². The van der Waals surface area contributed by atoms with Gasteiger partial charge < -0.3 is 10.0 Å². The van der Waals surface area contributed by atoms with Crippen LogP contribution in [0.15, 0.2) is 28.7 Å². The van der Waals surface area contributed by atoms with E-state index in [1.165, 1.54) is 31.8 Å². The van der Waals surface area contributed by atoms with E-state index >= 15 is 0 Å². The zero-order chi connectivity index (χ0) is 14.1. The summed E-state index contributed by atoms with van der Waals surface area (Å²) in [6, 6.07) is 6.71. The van der Waals surface area contributed by atoms with Gasteiger partial charge in [0.1, 0.15) is 0 Å². The van der Waals surface area contributed by atoms with Crippen LogP contribution >= 0.6 is 15.9 Å². The number of carboxylic acids is 1. The Morgan fingerprint density at radius 3 is 2.70 bits per heavy atom. The van der Waals surface area contributed by atoms with Gasteiger partial charge >= 0.3 is 5.97 Å². The Balaban J connectivity index is 1.91. The number of hydrogen-bond acceptors (Lipinski definition) is 2. The Morgan fingerprint density at radius 2 is 2.10 bits per heavy atom. The first-order chi connectivity index (χ1) is 9.63. The summed E-state index contributed by atoms with van der Waals surface area (Å²) < 4.78 is 1.04. The molecule has 2 saturated carbocycles. The fraction of sp³-hybridized carbons (Fsp3) is 0.438. The molecule has 3 nitrogen and oxygen atoms in total. The van der Waals surface area contributed by atoms with E-state index in [0.717, 1.165) is 28.2 Å². The molecule has 0 atom stereocenters. The maximum absolute atomic E-state index is 10.7. The largest absolute Gasteiger partial charge is 0.478 e. The number of rotatable bonds is 6. The highest BCUT2D eigenvalue weighted by Crippen LogP contribution is 2.40. The summed E-state index contributed by atoms with van der Waals surface area (Å²) in [5.41, 5.74) is 2.15. The van der Waals surface area contributed by atoms with Crippen LogP contribution in [0.5, 0.6) is 0 Å². The zero-order valence-electron chi connectivity index (χ0n) is 11.3. The molecule has 0 spiro atoms. The molecule has 1 aromatic carbocycles. The summed E-state index contributed by atoms with van der Waals surface area (Å²) in [5.74, 6) is -0.0788. The monoisotopic (exact) mass is 335 g/mol. The summed E-state index contributed by atoms with van der Waals surface area (Å²) in [4.78, 5) is 13.2. The van der Waals surface area contributed by atoms with Gasteiger partial charge in [0.25, 0.3) is 0 Å². The standard InChI is InChI=1S/C16H18BrNO2/c17-13-5-3-12(4-8-16(19)20)15(9-13)18(14-6-7-14)10-11-1-2-11/h3-5,8-9,11,14H,1-2,6-7,10H2,(H,19,20). The topological polar surface area (TPSA) is 40.5 Å². The Kier molecular flexibility index (Phi) is 3.83. The molecule has 1 aromatic rings. The lowest BCUT2D eigenvalue weighted by atomic mass is 10.1. The minimum atomic E-state index is -0.904. The van der Waals surface area contributed by atoms with E-state index in [-0.39, 0.29) is 0 Å². The number of anilines is 1. The van der Waals surface area contributed by atoms with Crippen LogP contribution in [-0.4, -0.2) is 23.7 Å². The van der Waals surface area contributed by atoms with Gasteiger partial charge in [0, 0.05) is 28.8 Å². The van der Waals surface area contributed by atoms with Crippen molar-refractivity contribution in [3.63, 3.8) is 0 Å². The predicted molar refractivity (Wildman–Crippen MR) is 83.9 cm³/mol. The van der Waals surface area contributed by atoms with E-state index in [9.17, 15) is 4.79 Å². The van der Waals surface area contributed by atoms with Crippen LogP contribution in [0, 0.1) is 5.92 Å². The minimum absolute atomic E-state index is 0.641. The second-order valence-electron chi connectivity index (χ2n) is 5.70.